The normalized spacial score (nSPS) is 8.65. The van der Waals surface area contributed by atoms with E-state index in [1.54, 1.807) is 6.08 Å². The van der Waals surface area contributed by atoms with Crippen LogP contribution in [0.5, 0.6) is 0 Å². The molecule has 2 heteroatoms. The maximum absolute atomic E-state index is 10.9. The highest BCUT2D eigenvalue weighted by molar-refractivity contribution is 5.87. The summed E-state index contributed by atoms with van der Waals surface area (Å²) in [6.45, 7) is 14.7. The summed E-state index contributed by atoms with van der Waals surface area (Å²) in [6.07, 6.45) is 7.15. The van der Waals surface area contributed by atoms with Gasteiger partial charge in [-0.3, -0.25) is 0 Å². The first-order chi connectivity index (χ1) is 7.99. The van der Waals surface area contributed by atoms with Gasteiger partial charge in [0.05, 0.1) is 7.11 Å². The zero-order chi connectivity index (χ0) is 13.7. The van der Waals surface area contributed by atoms with Crippen LogP contribution in [0, 0.1) is 0 Å². The Balaban J connectivity index is 0. The van der Waals surface area contributed by atoms with Crippen molar-refractivity contribution in [3.05, 3.63) is 37.0 Å². The summed E-state index contributed by atoms with van der Waals surface area (Å²) < 4.78 is 4.53. The van der Waals surface area contributed by atoms with E-state index in [1.807, 2.05) is 6.92 Å². The zero-order valence-corrected chi connectivity index (χ0v) is 11.6. The highest BCUT2D eigenvalue weighted by atomic mass is 16.5. The van der Waals surface area contributed by atoms with Crippen LogP contribution in [0.3, 0.4) is 0 Å². The Morgan fingerprint density at radius 3 is 2.12 bits per heavy atom. The SMILES string of the molecule is C=C(CCCCCC)C(=O)OC.C=CC(=C)C. The molecule has 0 spiro atoms. The maximum Gasteiger partial charge on any atom is 0.333 e. The molecule has 0 aliphatic heterocycles. The van der Waals surface area contributed by atoms with Gasteiger partial charge in [-0.15, -0.1) is 0 Å². The van der Waals surface area contributed by atoms with Gasteiger partial charge in [-0.25, -0.2) is 4.79 Å². The Kier molecular flexibility index (Phi) is 13.6. The second-order valence-corrected chi connectivity index (χ2v) is 3.96. The molecule has 0 rings (SSSR count). The second kappa shape index (κ2) is 12.8. The third kappa shape index (κ3) is 14.7. The topological polar surface area (TPSA) is 26.3 Å². The van der Waals surface area contributed by atoms with Crippen molar-refractivity contribution in [3.63, 3.8) is 0 Å². The van der Waals surface area contributed by atoms with Crippen molar-refractivity contribution < 1.29 is 9.53 Å². The molecule has 0 atom stereocenters. The van der Waals surface area contributed by atoms with E-state index < -0.39 is 0 Å². The average Bonchev–Trinajstić information content (AvgIpc) is 2.33. The Morgan fingerprint density at radius 1 is 1.24 bits per heavy atom. The molecular weight excluding hydrogens is 212 g/mol. The largest absolute Gasteiger partial charge is 0.466 e. The Labute approximate surface area is 106 Å². The van der Waals surface area contributed by atoms with Crippen LogP contribution < -0.4 is 0 Å². The molecule has 0 aromatic rings. The van der Waals surface area contributed by atoms with Gasteiger partial charge >= 0.3 is 5.97 Å². The van der Waals surface area contributed by atoms with E-state index in [9.17, 15) is 4.79 Å². The molecule has 0 heterocycles. The zero-order valence-electron chi connectivity index (χ0n) is 11.6. The Hall–Kier alpha value is -1.31. The quantitative estimate of drug-likeness (QED) is 0.284. The first-order valence-corrected chi connectivity index (χ1v) is 6.03. The molecule has 0 aromatic heterocycles. The molecule has 17 heavy (non-hydrogen) atoms. The number of hydrogen-bond donors (Lipinski definition) is 0. The lowest BCUT2D eigenvalue weighted by Gasteiger charge is -2.02. The van der Waals surface area contributed by atoms with Crippen molar-refractivity contribution in [1.82, 2.24) is 0 Å². The van der Waals surface area contributed by atoms with Crippen LogP contribution in [-0.4, -0.2) is 13.1 Å². The lowest BCUT2D eigenvalue weighted by molar-refractivity contribution is -0.136. The summed E-state index contributed by atoms with van der Waals surface area (Å²) in [5, 5.41) is 0. The van der Waals surface area contributed by atoms with Crippen molar-refractivity contribution in [2.45, 2.75) is 46.0 Å². The van der Waals surface area contributed by atoms with Gasteiger partial charge in [0.1, 0.15) is 0 Å². The van der Waals surface area contributed by atoms with Crippen LogP contribution in [0.1, 0.15) is 46.0 Å². The summed E-state index contributed by atoms with van der Waals surface area (Å²) >= 11 is 0. The summed E-state index contributed by atoms with van der Waals surface area (Å²) in [5.41, 5.74) is 1.61. The van der Waals surface area contributed by atoms with Gasteiger partial charge in [-0.1, -0.05) is 57.6 Å². The smallest absolute Gasteiger partial charge is 0.333 e. The Morgan fingerprint density at radius 2 is 1.76 bits per heavy atom. The summed E-state index contributed by atoms with van der Waals surface area (Å²) in [4.78, 5) is 10.9. The van der Waals surface area contributed by atoms with Crippen molar-refractivity contribution in [2.75, 3.05) is 7.11 Å². The van der Waals surface area contributed by atoms with Crippen LogP contribution in [0.15, 0.2) is 37.0 Å². The Bertz CT molecular complexity index is 252. The molecule has 0 bridgehead atoms. The van der Waals surface area contributed by atoms with Crippen LogP contribution in [-0.2, 0) is 9.53 Å². The number of rotatable bonds is 7. The third-order valence-electron chi connectivity index (χ3n) is 2.15. The fourth-order valence-corrected chi connectivity index (χ4v) is 1.01. The molecule has 0 N–H and O–H groups in total. The minimum Gasteiger partial charge on any atom is -0.466 e. The van der Waals surface area contributed by atoms with E-state index >= 15 is 0 Å². The van der Waals surface area contributed by atoms with Crippen LogP contribution in [0.25, 0.3) is 0 Å². The second-order valence-electron chi connectivity index (χ2n) is 3.96. The number of carbonyl (C=O) groups excluding carboxylic acids is 1. The number of ether oxygens (including phenoxy) is 1. The molecule has 0 unspecified atom stereocenters. The lowest BCUT2D eigenvalue weighted by atomic mass is 10.1. The van der Waals surface area contributed by atoms with Crippen LogP contribution in [0.4, 0.5) is 0 Å². The van der Waals surface area contributed by atoms with E-state index in [0.29, 0.717) is 5.57 Å². The molecule has 0 saturated carbocycles. The summed E-state index contributed by atoms with van der Waals surface area (Å²) in [5.74, 6) is -0.272. The molecule has 0 radical (unpaired) electrons. The van der Waals surface area contributed by atoms with Gasteiger partial charge in [0, 0.05) is 5.57 Å². The molecule has 98 valence electrons. The number of carbonyl (C=O) groups is 1. The molecule has 0 fully saturated rings. The molecule has 0 saturated heterocycles. The van der Waals surface area contributed by atoms with Gasteiger partial charge in [0.2, 0.25) is 0 Å². The standard InChI is InChI=1S/C10H18O2.C5H8/c1-4-5-6-7-8-9(2)10(11)12-3;1-4-5(2)3/h2,4-8H2,1,3H3;4H,1-2H2,3H3. The monoisotopic (exact) mass is 238 g/mol. The van der Waals surface area contributed by atoms with Crippen LogP contribution >= 0.6 is 0 Å². The predicted molar refractivity (Wildman–Crippen MR) is 74.9 cm³/mol. The lowest BCUT2D eigenvalue weighted by Crippen LogP contribution is -2.03. The van der Waals surface area contributed by atoms with Gasteiger partial charge in [-0.05, 0) is 19.8 Å². The predicted octanol–water partition coefficient (Wildman–Crippen LogP) is 4.43. The first-order valence-electron chi connectivity index (χ1n) is 6.03. The van der Waals surface area contributed by atoms with E-state index in [2.05, 4.69) is 31.4 Å². The molecule has 0 amide bonds. The number of hydrogen-bond acceptors (Lipinski definition) is 2. The van der Waals surface area contributed by atoms with Gasteiger partial charge < -0.3 is 4.74 Å². The van der Waals surface area contributed by atoms with Crippen molar-refractivity contribution in [2.24, 2.45) is 0 Å². The molecular formula is C15H26O2. The average molecular weight is 238 g/mol. The number of methoxy groups -OCH3 is 1. The van der Waals surface area contributed by atoms with Crippen molar-refractivity contribution >= 4 is 5.97 Å². The van der Waals surface area contributed by atoms with Gasteiger partial charge in [-0.2, -0.15) is 0 Å². The fraction of sp³-hybridized carbons (Fsp3) is 0.533. The van der Waals surface area contributed by atoms with Crippen molar-refractivity contribution in [3.8, 4) is 0 Å². The number of esters is 1. The molecule has 0 aliphatic carbocycles. The fourth-order valence-electron chi connectivity index (χ4n) is 1.01. The number of allylic oxidation sites excluding steroid dienone is 2. The van der Waals surface area contributed by atoms with Crippen molar-refractivity contribution in [1.29, 1.82) is 0 Å². The summed E-state index contributed by atoms with van der Waals surface area (Å²) in [7, 11) is 1.39. The molecule has 0 aromatic carbocycles. The third-order valence-corrected chi connectivity index (χ3v) is 2.15. The molecule has 2 nitrogen and oxygen atoms in total. The molecule has 0 aliphatic rings. The maximum atomic E-state index is 10.9. The summed E-state index contributed by atoms with van der Waals surface area (Å²) in [6, 6.07) is 0. The highest BCUT2D eigenvalue weighted by Crippen LogP contribution is 2.09. The van der Waals surface area contributed by atoms with E-state index in [-0.39, 0.29) is 5.97 Å². The van der Waals surface area contributed by atoms with E-state index in [0.717, 1.165) is 18.4 Å². The highest BCUT2D eigenvalue weighted by Gasteiger charge is 2.04. The first kappa shape index (κ1) is 18.1. The van der Waals surface area contributed by atoms with E-state index in [1.165, 1.54) is 26.4 Å². The van der Waals surface area contributed by atoms with Crippen LogP contribution in [0.2, 0.25) is 0 Å². The number of unbranched alkanes of at least 4 members (excludes halogenated alkanes) is 3. The van der Waals surface area contributed by atoms with Gasteiger partial charge in [0.25, 0.3) is 0 Å². The van der Waals surface area contributed by atoms with Gasteiger partial charge in [0.15, 0.2) is 0 Å². The minimum absolute atomic E-state index is 0.272. The van der Waals surface area contributed by atoms with E-state index in [4.69, 9.17) is 0 Å². The minimum atomic E-state index is -0.272.